The summed E-state index contributed by atoms with van der Waals surface area (Å²) in [4.78, 5) is 11.5. The SMILES string of the molecule is Cc1noc(Br)c1NC(=O)O[C@H](C)C1CC1. The summed E-state index contributed by atoms with van der Waals surface area (Å²) in [7, 11) is 0. The number of carbonyl (C=O) groups excluding carboxylic acids is 1. The molecule has 16 heavy (non-hydrogen) atoms. The van der Waals surface area contributed by atoms with Crippen molar-refractivity contribution in [3.63, 3.8) is 0 Å². The van der Waals surface area contributed by atoms with Crippen LogP contribution in [-0.2, 0) is 4.74 Å². The molecule has 1 aromatic rings. The minimum Gasteiger partial charge on any atom is -0.446 e. The third kappa shape index (κ3) is 2.55. The maximum Gasteiger partial charge on any atom is 0.412 e. The molecule has 0 radical (unpaired) electrons. The summed E-state index contributed by atoms with van der Waals surface area (Å²) in [6, 6.07) is 0. The Kier molecular flexibility index (Phi) is 3.18. The van der Waals surface area contributed by atoms with Crippen molar-refractivity contribution in [1.29, 1.82) is 0 Å². The van der Waals surface area contributed by atoms with Crippen molar-refractivity contribution >= 4 is 27.7 Å². The standard InChI is InChI=1S/C10H13BrN2O3/c1-5-8(9(11)16-13-5)12-10(14)15-6(2)7-3-4-7/h6-7H,3-4H2,1-2H3,(H,12,14)/t6-/m1/s1. The molecule has 1 fully saturated rings. The van der Waals surface area contributed by atoms with E-state index in [4.69, 9.17) is 9.26 Å². The number of anilines is 1. The molecule has 1 aliphatic rings. The molecule has 0 saturated heterocycles. The molecule has 0 aliphatic heterocycles. The van der Waals surface area contributed by atoms with Crippen molar-refractivity contribution < 1.29 is 14.1 Å². The van der Waals surface area contributed by atoms with Gasteiger partial charge in [0, 0.05) is 0 Å². The fourth-order valence-electron chi connectivity index (χ4n) is 1.44. The number of rotatable bonds is 3. The Morgan fingerprint density at radius 3 is 2.88 bits per heavy atom. The predicted octanol–water partition coefficient (Wildman–Crippen LogP) is 3.09. The highest BCUT2D eigenvalue weighted by molar-refractivity contribution is 9.10. The van der Waals surface area contributed by atoms with Crippen molar-refractivity contribution in [1.82, 2.24) is 5.16 Å². The molecule has 1 saturated carbocycles. The van der Waals surface area contributed by atoms with E-state index in [-0.39, 0.29) is 6.10 Å². The first-order valence-corrected chi connectivity index (χ1v) is 5.96. The van der Waals surface area contributed by atoms with E-state index in [1.165, 1.54) is 0 Å². The Balaban J connectivity index is 1.91. The number of nitrogens with zero attached hydrogens (tertiary/aromatic N) is 1. The lowest BCUT2D eigenvalue weighted by Crippen LogP contribution is -2.21. The van der Waals surface area contributed by atoms with Crippen LogP contribution in [0.2, 0.25) is 0 Å². The van der Waals surface area contributed by atoms with Gasteiger partial charge in [0.05, 0.1) is 0 Å². The van der Waals surface area contributed by atoms with E-state index in [1.807, 2.05) is 6.92 Å². The Morgan fingerprint density at radius 2 is 2.38 bits per heavy atom. The van der Waals surface area contributed by atoms with E-state index < -0.39 is 6.09 Å². The van der Waals surface area contributed by atoms with Crippen LogP contribution in [-0.4, -0.2) is 17.4 Å². The highest BCUT2D eigenvalue weighted by Crippen LogP contribution is 2.34. The number of aromatic nitrogens is 1. The second-order valence-corrected chi connectivity index (χ2v) is 4.71. The Labute approximate surface area is 102 Å². The van der Waals surface area contributed by atoms with Crippen LogP contribution in [0, 0.1) is 12.8 Å². The molecule has 1 N–H and O–H groups in total. The molecular weight excluding hydrogens is 276 g/mol. The van der Waals surface area contributed by atoms with Crippen molar-refractivity contribution in [2.45, 2.75) is 32.8 Å². The van der Waals surface area contributed by atoms with Crippen LogP contribution in [0.4, 0.5) is 10.5 Å². The topological polar surface area (TPSA) is 64.4 Å². The Bertz CT molecular complexity index is 381. The maximum absolute atomic E-state index is 11.5. The summed E-state index contributed by atoms with van der Waals surface area (Å²) < 4.78 is 10.5. The molecule has 1 aromatic heterocycles. The van der Waals surface area contributed by atoms with Gasteiger partial charge < -0.3 is 9.26 Å². The minimum atomic E-state index is -0.466. The summed E-state index contributed by atoms with van der Waals surface area (Å²) in [5.41, 5.74) is 1.14. The van der Waals surface area contributed by atoms with Crippen molar-refractivity contribution in [2.24, 2.45) is 5.92 Å². The van der Waals surface area contributed by atoms with Crippen molar-refractivity contribution in [3.05, 3.63) is 10.4 Å². The number of hydrogen-bond acceptors (Lipinski definition) is 4. The zero-order chi connectivity index (χ0) is 11.7. The van der Waals surface area contributed by atoms with Crippen LogP contribution in [0.1, 0.15) is 25.5 Å². The van der Waals surface area contributed by atoms with Crippen LogP contribution in [0.3, 0.4) is 0 Å². The van der Waals surface area contributed by atoms with E-state index in [0.717, 1.165) is 12.8 Å². The van der Waals surface area contributed by atoms with Gasteiger partial charge in [0.1, 0.15) is 17.5 Å². The average Bonchev–Trinajstić information content (AvgIpc) is 3.01. The number of hydrogen-bond donors (Lipinski definition) is 1. The number of halogens is 1. The summed E-state index contributed by atoms with van der Waals surface area (Å²) in [6.07, 6.45) is 1.79. The molecule has 6 heteroatoms. The highest BCUT2D eigenvalue weighted by Gasteiger charge is 2.31. The Morgan fingerprint density at radius 1 is 1.69 bits per heavy atom. The zero-order valence-corrected chi connectivity index (χ0v) is 10.7. The van der Waals surface area contributed by atoms with Gasteiger partial charge in [-0.2, -0.15) is 0 Å². The Hall–Kier alpha value is -1.04. The molecule has 1 atom stereocenters. The van der Waals surface area contributed by atoms with Gasteiger partial charge in [-0.15, -0.1) is 0 Å². The van der Waals surface area contributed by atoms with Crippen LogP contribution in [0.25, 0.3) is 0 Å². The van der Waals surface area contributed by atoms with Gasteiger partial charge in [-0.25, -0.2) is 4.79 Å². The molecular formula is C10H13BrN2O3. The molecule has 0 aromatic carbocycles. The maximum atomic E-state index is 11.5. The molecule has 1 aliphatic carbocycles. The molecule has 88 valence electrons. The fourth-order valence-corrected chi connectivity index (χ4v) is 1.90. The molecule has 5 nitrogen and oxygen atoms in total. The van der Waals surface area contributed by atoms with Crippen LogP contribution in [0.5, 0.6) is 0 Å². The van der Waals surface area contributed by atoms with Gasteiger partial charge in [0.25, 0.3) is 0 Å². The van der Waals surface area contributed by atoms with Gasteiger partial charge in [-0.05, 0) is 48.5 Å². The molecule has 1 heterocycles. The molecule has 0 spiro atoms. The third-order valence-electron chi connectivity index (χ3n) is 2.63. The van der Waals surface area contributed by atoms with Crippen LogP contribution in [0.15, 0.2) is 9.19 Å². The van der Waals surface area contributed by atoms with Gasteiger partial charge in [-0.3, -0.25) is 5.32 Å². The normalized spacial score (nSPS) is 16.9. The van der Waals surface area contributed by atoms with Crippen molar-refractivity contribution in [2.75, 3.05) is 5.32 Å². The molecule has 2 rings (SSSR count). The summed E-state index contributed by atoms with van der Waals surface area (Å²) >= 11 is 3.15. The number of ether oxygens (including phenoxy) is 1. The summed E-state index contributed by atoms with van der Waals surface area (Å²) in [6.45, 7) is 3.65. The highest BCUT2D eigenvalue weighted by atomic mass is 79.9. The average molecular weight is 289 g/mol. The number of amides is 1. The van der Waals surface area contributed by atoms with Crippen LogP contribution < -0.4 is 5.32 Å². The number of carbonyl (C=O) groups is 1. The number of aryl methyl sites for hydroxylation is 1. The van der Waals surface area contributed by atoms with Gasteiger partial charge in [-0.1, -0.05) is 5.16 Å². The van der Waals surface area contributed by atoms with Gasteiger partial charge >= 0.3 is 6.09 Å². The molecule has 0 bridgehead atoms. The predicted molar refractivity (Wildman–Crippen MR) is 61.2 cm³/mol. The largest absolute Gasteiger partial charge is 0.446 e. The minimum absolute atomic E-state index is 0.0288. The van der Waals surface area contributed by atoms with Crippen molar-refractivity contribution in [3.8, 4) is 0 Å². The second kappa shape index (κ2) is 4.45. The first kappa shape index (κ1) is 11.4. The van der Waals surface area contributed by atoms with E-state index in [9.17, 15) is 4.79 Å². The smallest absolute Gasteiger partial charge is 0.412 e. The lowest BCUT2D eigenvalue weighted by Gasteiger charge is -2.12. The van der Waals surface area contributed by atoms with E-state index >= 15 is 0 Å². The first-order chi connectivity index (χ1) is 7.58. The monoisotopic (exact) mass is 288 g/mol. The van der Waals surface area contributed by atoms with E-state index in [2.05, 4.69) is 26.4 Å². The van der Waals surface area contributed by atoms with Gasteiger partial charge in [0.2, 0.25) is 4.67 Å². The van der Waals surface area contributed by atoms with E-state index in [0.29, 0.717) is 22.0 Å². The van der Waals surface area contributed by atoms with E-state index in [1.54, 1.807) is 6.92 Å². The quantitative estimate of drug-likeness (QED) is 0.928. The van der Waals surface area contributed by atoms with Gasteiger partial charge in [0.15, 0.2) is 0 Å². The molecule has 0 unspecified atom stereocenters. The van der Waals surface area contributed by atoms with Crippen LogP contribution >= 0.6 is 15.9 Å². The lowest BCUT2D eigenvalue weighted by atomic mass is 10.3. The fraction of sp³-hybridized carbons (Fsp3) is 0.600. The first-order valence-electron chi connectivity index (χ1n) is 5.17. The second-order valence-electron chi connectivity index (χ2n) is 3.99. The third-order valence-corrected chi connectivity index (χ3v) is 3.17. The molecule has 1 amide bonds. The zero-order valence-electron chi connectivity index (χ0n) is 9.12. The summed E-state index contributed by atoms with van der Waals surface area (Å²) in [5.74, 6) is 0.526. The lowest BCUT2D eigenvalue weighted by molar-refractivity contribution is 0.108. The summed E-state index contributed by atoms with van der Waals surface area (Å²) in [5, 5.41) is 6.31. The number of nitrogens with one attached hydrogen (secondary N) is 1.